The van der Waals surface area contributed by atoms with E-state index in [1.54, 1.807) is 42.5 Å². The summed E-state index contributed by atoms with van der Waals surface area (Å²) in [6.07, 6.45) is 4.42. The van der Waals surface area contributed by atoms with Crippen LogP contribution in [0, 0.1) is 6.92 Å². The Morgan fingerprint density at radius 1 is 1.00 bits per heavy atom. The zero-order valence-electron chi connectivity index (χ0n) is 12.7. The van der Waals surface area contributed by atoms with Crippen LogP contribution in [0.2, 0.25) is 0 Å². The van der Waals surface area contributed by atoms with Gasteiger partial charge in [0, 0.05) is 11.6 Å². The van der Waals surface area contributed by atoms with Crippen LogP contribution in [-0.2, 0) is 10.0 Å². The van der Waals surface area contributed by atoms with Gasteiger partial charge < -0.3 is 0 Å². The van der Waals surface area contributed by atoms with Crippen LogP contribution >= 0.6 is 0 Å². The van der Waals surface area contributed by atoms with Crippen molar-refractivity contribution in [3.8, 4) is 5.82 Å². The molecule has 0 saturated heterocycles. The van der Waals surface area contributed by atoms with Gasteiger partial charge in [0.05, 0.1) is 4.90 Å². The second-order valence-corrected chi connectivity index (χ2v) is 7.17. The number of hydrogen-bond donors (Lipinski definition) is 0. The van der Waals surface area contributed by atoms with Crippen LogP contribution < -0.4 is 0 Å². The zero-order chi connectivity index (χ0) is 16.7. The number of benzene rings is 1. The van der Waals surface area contributed by atoms with E-state index in [0.717, 1.165) is 10.9 Å². The lowest BCUT2D eigenvalue weighted by molar-refractivity contribution is 0.588. The highest BCUT2D eigenvalue weighted by Gasteiger charge is 2.20. The van der Waals surface area contributed by atoms with E-state index in [4.69, 9.17) is 0 Å². The summed E-state index contributed by atoms with van der Waals surface area (Å²) in [7, 11) is -3.72. The van der Waals surface area contributed by atoms with Crippen molar-refractivity contribution >= 4 is 21.1 Å². The first-order chi connectivity index (χ1) is 11.6. The van der Waals surface area contributed by atoms with E-state index >= 15 is 0 Å². The molecule has 0 amide bonds. The molecule has 3 aromatic heterocycles. The Labute approximate surface area is 138 Å². The lowest BCUT2D eigenvalue weighted by Gasteiger charge is -2.08. The fraction of sp³-hybridized carbons (Fsp3) is 0.0625. The van der Waals surface area contributed by atoms with Gasteiger partial charge in [-0.15, -0.1) is 0 Å². The first-order valence-electron chi connectivity index (χ1n) is 7.21. The maximum atomic E-state index is 12.9. The smallest absolute Gasteiger partial charge is 0.224 e. The molecule has 8 heteroatoms. The number of aromatic nitrogens is 5. The highest BCUT2D eigenvalue weighted by molar-refractivity contribution is 7.90. The molecule has 4 rings (SSSR count). The van der Waals surface area contributed by atoms with Crippen molar-refractivity contribution in [3.05, 3.63) is 66.9 Å². The molecule has 0 aliphatic carbocycles. The lowest BCUT2D eigenvalue weighted by atomic mass is 10.2. The van der Waals surface area contributed by atoms with Crippen LogP contribution in [0.3, 0.4) is 0 Å². The van der Waals surface area contributed by atoms with Gasteiger partial charge in [-0.05, 0) is 37.3 Å². The predicted molar refractivity (Wildman–Crippen MR) is 88.4 cm³/mol. The van der Waals surface area contributed by atoms with Gasteiger partial charge >= 0.3 is 0 Å². The molecule has 0 aliphatic heterocycles. The van der Waals surface area contributed by atoms with Gasteiger partial charge in [0.1, 0.15) is 12.7 Å². The Morgan fingerprint density at radius 3 is 2.50 bits per heavy atom. The van der Waals surface area contributed by atoms with Gasteiger partial charge in [-0.3, -0.25) is 0 Å². The average Bonchev–Trinajstić information content (AvgIpc) is 3.24. The molecule has 24 heavy (non-hydrogen) atoms. The molecule has 0 spiro atoms. The minimum atomic E-state index is -3.72. The second kappa shape index (κ2) is 5.27. The summed E-state index contributed by atoms with van der Waals surface area (Å²) in [5.41, 5.74) is 1.35. The minimum Gasteiger partial charge on any atom is -0.224 e. The highest BCUT2D eigenvalue weighted by atomic mass is 32.2. The number of rotatable bonds is 3. The quantitative estimate of drug-likeness (QED) is 0.571. The van der Waals surface area contributed by atoms with E-state index in [-0.39, 0.29) is 4.90 Å². The van der Waals surface area contributed by atoms with Crippen molar-refractivity contribution in [3.63, 3.8) is 0 Å². The summed E-state index contributed by atoms with van der Waals surface area (Å²) in [6, 6.07) is 12.0. The Kier molecular flexibility index (Phi) is 3.20. The van der Waals surface area contributed by atoms with Crippen LogP contribution in [0.4, 0.5) is 0 Å². The molecule has 4 aromatic rings. The first kappa shape index (κ1) is 14.6. The molecule has 0 fully saturated rings. The lowest BCUT2D eigenvalue weighted by Crippen LogP contribution is -2.13. The molecule has 3 heterocycles. The van der Waals surface area contributed by atoms with Gasteiger partial charge in [0.2, 0.25) is 0 Å². The summed E-state index contributed by atoms with van der Waals surface area (Å²) in [5, 5.41) is 4.75. The minimum absolute atomic E-state index is 0.221. The molecular formula is C16H13N5O2S. The van der Waals surface area contributed by atoms with Crippen LogP contribution in [0.15, 0.2) is 66.2 Å². The number of pyridine rings is 1. The predicted octanol–water partition coefficient (Wildman–Crippen LogP) is 2.16. The van der Waals surface area contributed by atoms with E-state index in [1.165, 1.54) is 27.5 Å². The fourth-order valence-electron chi connectivity index (χ4n) is 2.45. The molecule has 0 atom stereocenters. The van der Waals surface area contributed by atoms with Crippen LogP contribution in [0.25, 0.3) is 16.9 Å². The third-order valence-electron chi connectivity index (χ3n) is 3.72. The molecule has 1 aromatic carbocycles. The summed E-state index contributed by atoms with van der Waals surface area (Å²) < 4.78 is 28.5. The zero-order valence-corrected chi connectivity index (χ0v) is 13.6. The maximum absolute atomic E-state index is 12.9. The van der Waals surface area contributed by atoms with Gasteiger partial charge in [-0.2, -0.15) is 5.10 Å². The molecule has 0 saturated carbocycles. The summed E-state index contributed by atoms with van der Waals surface area (Å²) in [5.74, 6) is 0.499. The summed E-state index contributed by atoms with van der Waals surface area (Å²) >= 11 is 0. The molecule has 0 unspecified atom stereocenters. The number of fused-ring (bicyclic) bond motifs is 1. The number of nitrogens with zero attached hydrogens (tertiary/aromatic N) is 5. The van der Waals surface area contributed by atoms with Crippen molar-refractivity contribution in [2.75, 3.05) is 0 Å². The first-order valence-corrected chi connectivity index (χ1v) is 8.65. The van der Waals surface area contributed by atoms with Crippen molar-refractivity contribution < 1.29 is 8.42 Å². The standard InChI is InChI=1S/C16H13N5O2S/c1-12-2-5-14(6-3-12)24(22,23)21-9-8-13-4-7-15(19-16(13)21)20-11-17-10-18-20/h2-11H,1H3. The topological polar surface area (TPSA) is 82.7 Å². The van der Waals surface area contributed by atoms with Crippen molar-refractivity contribution in [2.45, 2.75) is 11.8 Å². The van der Waals surface area contributed by atoms with Crippen molar-refractivity contribution in [2.24, 2.45) is 0 Å². The highest BCUT2D eigenvalue weighted by Crippen LogP contribution is 2.22. The normalized spacial score (nSPS) is 11.9. The maximum Gasteiger partial charge on any atom is 0.269 e. The SMILES string of the molecule is Cc1ccc(S(=O)(=O)n2ccc3ccc(-n4cncn4)nc32)cc1. The molecular weight excluding hydrogens is 326 g/mol. The van der Waals surface area contributed by atoms with Gasteiger partial charge in [-0.1, -0.05) is 17.7 Å². The third-order valence-corrected chi connectivity index (χ3v) is 5.40. The molecule has 7 nitrogen and oxygen atoms in total. The van der Waals surface area contributed by atoms with E-state index in [2.05, 4.69) is 15.1 Å². The van der Waals surface area contributed by atoms with E-state index in [0.29, 0.717) is 11.5 Å². The molecule has 0 radical (unpaired) electrons. The third kappa shape index (κ3) is 2.28. The van der Waals surface area contributed by atoms with Crippen LogP contribution in [-0.4, -0.2) is 32.1 Å². The fourth-order valence-corrected chi connectivity index (χ4v) is 3.75. The second-order valence-electron chi connectivity index (χ2n) is 5.35. The van der Waals surface area contributed by atoms with Gasteiger partial charge in [-0.25, -0.2) is 27.0 Å². The molecule has 0 bridgehead atoms. The Balaban J connectivity index is 1.90. The van der Waals surface area contributed by atoms with E-state index in [1.807, 2.05) is 6.92 Å². The van der Waals surface area contributed by atoms with Crippen LogP contribution in [0.1, 0.15) is 5.56 Å². The van der Waals surface area contributed by atoms with E-state index in [9.17, 15) is 8.42 Å². The Hall–Kier alpha value is -3.00. The summed E-state index contributed by atoms with van der Waals surface area (Å²) in [4.78, 5) is 8.53. The van der Waals surface area contributed by atoms with Crippen LogP contribution in [0.5, 0.6) is 0 Å². The molecule has 0 aliphatic rings. The van der Waals surface area contributed by atoms with Gasteiger partial charge in [0.25, 0.3) is 10.0 Å². The average molecular weight is 339 g/mol. The number of hydrogen-bond acceptors (Lipinski definition) is 5. The van der Waals surface area contributed by atoms with Crippen molar-refractivity contribution in [1.29, 1.82) is 0 Å². The number of aryl methyl sites for hydroxylation is 1. The van der Waals surface area contributed by atoms with E-state index < -0.39 is 10.0 Å². The van der Waals surface area contributed by atoms with Gasteiger partial charge in [0.15, 0.2) is 11.5 Å². The largest absolute Gasteiger partial charge is 0.269 e. The summed E-state index contributed by atoms with van der Waals surface area (Å²) in [6.45, 7) is 1.91. The monoisotopic (exact) mass is 339 g/mol. The Morgan fingerprint density at radius 2 is 1.79 bits per heavy atom. The molecule has 0 N–H and O–H groups in total. The Bertz CT molecular complexity index is 1110. The molecule has 120 valence electrons. The van der Waals surface area contributed by atoms with Crippen molar-refractivity contribution in [1.82, 2.24) is 23.7 Å².